The zero-order valence-electron chi connectivity index (χ0n) is 21.6. The molecule has 196 valence electrons. The number of benzene rings is 3. The van der Waals surface area contributed by atoms with Crippen LogP contribution in [0.3, 0.4) is 0 Å². The highest BCUT2D eigenvalue weighted by atomic mass is 16.5. The predicted octanol–water partition coefficient (Wildman–Crippen LogP) is 6.73. The van der Waals surface area contributed by atoms with Gasteiger partial charge in [-0.3, -0.25) is 9.59 Å². The van der Waals surface area contributed by atoms with Crippen LogP contribution in [0.1, 0.15) is 50.6 Å². The van der Waals surface area contributed by atoms with Crippen molar-refractivity contribution in [3.8, 4) is 5.75 Å². The van der Waals surface area contributed by atoms with Crippen LogP contribution >= 0.6 is 0 Å². The summed E-state index contributed by atoms with van der Waals surface area (Å²) in [6.07, 6.45) is 2.13. The summed E-state index contributed by atoms with van der Waals surface area (Å²) in [5.41, 5.74) is 7.16. The number of anilines is 1. The molecule has 0 fully saturated rings. The van der Waals surface area contributed by atoms with E-state index in [1.165, 1.54) is 7.11 Å². The summed E-state index contributed by atoms with van der Waals surface area (Å²) in [7, 11) is 1.51. The van der Waals surface area contributed by atoms with Crippen LogP contribution < -0.4 is 15.5 Å². The lowest BCUT2D eigenvalue weighted by Crippen LogP contribution is -2.22. The number of amides is 2. The molecular weight excluding hydrogens is 494 g/mol. The molecule has 2 amide bonds. The van der Waals surface area contributed by atoms with Gasteiger partial charge in [-0.05, 0) is 68.3 Å². The molecule has 9 nitrogen and oxygen atoms in total. The number of nitrogens with one attached hydrogen (secondary N) is 2. The van der Waals surface area contributed by atoms with Gasteiger partial charge < -0.3 is 14.5 Å². The van der Waals surface area contributed by atoms with Gasteiger partial charge in [-0.15, -0.1) is 0 Å². The molecule has 1 heterocycles. The Balaban J connectivity index is 1.29. The first-order chi connectivity index (χ1) is 19.0. The standard InChI is InChI=1S/C30H27N5O4/c1-19-27-24(34-35-29(36)23-11-6-7-13-25(23)38-2)12-8-14-26(27)39-28(19)30(37)31-20-15-17-22(18-16-20)33-32-21-9-4-3-5-10-21/h3-7,9-11,13,15-18H,8,12,14H2,1-2H3,(H,31,37)(H,35,36). The number of para-hydroxylation sites is 1. The fourth-order valence-electron chi connectivity index (χ4n) is 4.42. The van der Waals surface area contributed by atoms with Crippen molar-refractivity contribution in [3.05, 3.63) is 107 Å². The van der Waals surface area contributed by atoms with E-state index in [1.807, 2.05) is 37.3 Å². The number of hydrazone groups is 1. The van der Waals surface area contributed by atoms with Crippen LogP contribution in [-0.2, 0) is 6.42 Å². The monoisotopic (exact) mass is 521 g/mol. The van der Waals surface area contributed by atoms with Gasteiger partial charge in [-0.25, -0.2) is 5.43 Å². The van der Waals surface area contributed by atoms with Crippen molar-refractivity contribution >= 4 is 34.6 Å². The van der Waals surface area contributed by atoms with Gasteiger partial charge in [0.1, 0.15) is 11.5 Å². The number of aryl methyl sites for hydroxylation is 1. The van der Waals surface area contributed by atoms with E-state index < -0.39 is 0 Å². The molecule has 0 saturated heterocycles. The summed E-state index contributed by atoms with van der Waals surface area (Å²) in [6.45, 7) is 1.83. The number of furan rings is 1. The van der Waals surface area contributed by atoms with Crippen molar-refractivity contribution in [3.63, 3.8) is 0 Å². The fourth-order valence-corrected chi connectivity index (χ4v) is 4.42. The number of azo groups is 1. The van der Waals surface area contributed by atoms with E-state index in [2.05, 4.69) is 26.1 Å². The molecule has 0 atom stereocenters. The van der Waals surface area contributed by atoms with Gasteiger partial charge in [0.25, 0.3) is 11.8 Å². The molecule has 5 rings (SSSR count). The van der Waals surface area contributed by atoms with E-state index in [-0.39, 0.29) is 17.6 Å². The number of ether oxygens (including phenoxy) is 1. The van der Waals surface area contributed by atoms with Crippen molar-refractivity contribution in [2.45, 2.75) is 26.2 Å². The number of hydrogen-bond acceptors (Lipinski definition) is 7. The molecule has 0 aliphatic heterocycles. The summed E-state index contributed by atoms with van der Waals surface area (Å²) in [4.78, 5) is 25.8. The smallest absolute Gasteiger partial charge is 0.291 e. The molecule has 1 aliphatic carbocycles. The van der Waals surface area contributed by atoms with Crippen molar-refractivity contribution in [2.24, 2.45) is 15.3 Å². The predicted molar refractivity (Wildman–Crippen MR) is 148 cm³/mol. The van der Waals surface area contributed by atoms with E-state index in [9.17, 15) is 9.59 Å². The van der Waals surface area contributed by atoms with E-state index in [0.29, 0.717) is 52.6 Å². The Kier molecular flexibility index (Phi) is 7.58. The molecule has 1 aliphatic rings. The molecule has 1 aromatic heterocycles. The van der Waals surface area contributed by atoms with Crippen molar-refractivity contribution in [1.82, 2.24) is 5.43 Å². The number of carbonyl (C=O) groups is 2. The highest BCUT2D eigenvalue weighted by Gasteiger charge is 2.28. The van der Waals surface area contributed by atoms with Crippen molar-refractivity contribution in [1.29, 1.82) is 0 Å². The Morgan fingerprint density at radius 2 is 1.54 bits per heavy atom. The maximum Gasteiger partial charge on any atom is 0.291 e. The second kappa shape index (κ2) is 11.6. The topological polar surface area (TPSA) is 118 Å². The van der Waals surface area contributed by atoms with Crippen LogP contribution in [-0.4, -0.2) is 24.6 Å². The van der Waals surface area contributed by atoms with Gasteiger partial charge in [0, 0.05) is 23.2 Å². The lowest BCUT2D eigenvalue weighted by atomic mass is 9.93. The van der Waals surface area contributed by atoms with Crippen LogP contribution in [0.5, 0.6) is 5.75 Å². The third kappa shape index (κ3) is 5.77. The zero-order valence-corrected chi connectivity index (χ0v) is 21.6. The number of methoxy groups -OCH3 is 1. The van der Waals surface area contributed by atoms with Gasteiger partial charge in [-0.1, -0.05) is 30.3 Å². The number of nitrogens with zero attached hydrogens (tertiary/aromatic N) is 3. The van der Waals surface area contributed by atoms with E-state index in [4.69, 9.17) is 9.15 Å². The summed E-state index contributed by atoms with van der Waals surface area (Å²) in [6, 6.07) is 23.5. The molecular formula is C30H27N5O4. The minimum absolute atomic E-state index is 0.221. The summed E-state index contributed by atoms with van der Waals surface area (Å²) in [5, 5.41) is 15.7. The lowest BCUT2D eigenvalue weighted by Gasteiger charge is -2.14. The van der Waals surface area contributed by atoms with Gasteiger partial charge in [0.15, 0.2) is 5.76 Å². The second-order valence-corrected chi connectivity index (χ2v) is 8.94. The number of hydrogen-bond donors (Lipinski definition) is 2. The van der Waals surface area contributed by atoms with Crippen LogP contribution in [0.15, 0.2) is 98.6 Å². The molecule has 0 saturated carbocycles. The molecule has 0 bridgehead atoms. The van der Waals surface area contributed by atoms with Crippen molar-refractivity contribution < 1.29 is 18.7 Å². The van der Waals surface area contributed by atoms with Gasteiger partial charge in [0.2, 0.25) is 0 Å². The Labute approximate surface area is 225 Å². The molecule has 4 aromatic rings. The second-order valence-electron chi connectivity index (χ2n) is 8.94. The third-order valence-electron chi connectivity index (χ3n) is 6.34. The van der Waals surface area contributed by atoms with Crippen LogP contribution in [0, 0.1) is 6.92 Å². The number of rotatable bonds is 7. The summed E-state index contributed by atoms with van der Waals surface area (Å²) >= 11 is 0. The average molecular weight is 522 g/mol. The summed E-state index contributed by atoms with van der Waals surface area (Å²) < 4.78 is 11.3. The van der Waals surface area contributed by atoms with Crippen LogP contribution in [0.2, 0.25) is 0 Å². The molecule has 2 N–H and O–H groups in total. The summed E-state index contributed by atoms with van der Waals surface area (Å²) in [5.74, 6) is 0.630. The SMILES string of the molecule is COc1ccccc1C(=O)NN=C1CCCc2oc(C(=O)Nc3ccc(N=Nc4ccccc4)cc3)c(C)c21. The third-order valence-corrected chi connectivity index (χ3v) is 6.34. The first-order valence-corrected chi connectivity index (χ1v) is 12.5. The van der Waals surface area contributed by atoms with Gasteiger partial charge in [-0.2, -0.15) is 15.3 Å². The molecule has 0 unspecified atom stereocenters. The number of carbonyl (C=O) groups excluding carboxylic acids is 2. The number of fused-ring (bicyclic) bond motifs is 1. The highest BCUT2D eigenvalue weighted by molar-refractivity contribution is 6.09. The largest absolute Gasteiger partial charge is 0.496 e. The normalized spacial score (nSPS) is 13.7. The Hall–Kier alpha value is -5.05. The molecule has 39 heavy (non-hydrogen) atoms. The Morgan fingerprint density at radius 1 is 0.846 bits per heavy atom. The van der Waals surface area contributed by atoms with E-state index >= 15 is 0 Å². The molecule has 0 spiro atoms. The zero-order chi connectivity index (χ0) is 27.2. The Bertz CT molecular complexity index is 1560. The van der Waals surface area contributed by atoms with Gasteiger partial charge in [0.05, 0.1) is 29.8 Å². The van der Waals surface area contributed by atoms with Crippen LogP contribution in [0.4, 0.5) is 17.1 Å². The first-order valence-electron chi connectivity index (χ1n) is 12.5. The lowest BCUT2D eigenvalue weighted by molar-refractivity contribution is 0.0950. The van der Waals surface area contributed by atoms with E-state index in [0.717, 1.165) is 17.7 Å². The Morgan fingerprint density at radius 3 is 2.28 bits per heavy atom. The van der Waals surface area contributed by atoms with Crippen LogP contribution in [0.25, 0.3) is 0 Å². The quantitative estimate of drug-likeness (QED) is 0.207. The minimum atomic E-state index is -0.377. The molecule has 9 heteroatoms. The van der Waals surface area contributed by atoms with E-state index in [1.54, 1.807) is 48.5 Å². The fraction of sp³-hybridized carbons (Fsp3) is 0.167. The van der Waals surface area contributed by atoms with Crippen molar-refractivity contribution in [2.75, 3.05) is 12.4 Å². The van der Waals surface area contributed by atoms with Gasteiger partial charge >= 0.3 is 0 Å². The average Bonchev–Trinajstić information content (AvgIpc) is 3.33. The first kappa shape index (κ1) is 25.6. The molecule has 0 radical (unpaired) electrons. The maximum atomic E-state index is 13.1. The molecule has 3 aromatic carbocycles. The highest BCUT2D eigenvalue weighted by Crippen LogP contribution is 2.31. The maximum absolute atomic E-state index is 13.1. The minimum Gasteiger partial charge on any atom is -0.496 e.